The molecule has 9 heteroatoms. The highest BCUT2D eigenvalue weighted by Gasteiger charge is 2.18. The van der Waals surface area contributed by atoms with Gasteiger partial charge in [0.2, 0.25) is 5.89 Å². The first-order chi connectivity index (χ1) is 14.4. The molecule has 2 heterocycles. The Labute approximate surface area is 186 Å². The molecule has 4 rings (SSSR count). The van der Waals surface area contributed by atoms with E-state index >= 15 is 0 Å². The maximum absolute atomic E-state index is 12.6. The Bertz CT molecular complexity index is 1210. The van der Waals surface area contributed by atoms with Crippen molar-refractivity contribution in [2.45, 2.75) is 13.0 Å². The van der Waals surface area contributed by atoms with E-state index in [1.165, 1.54) is 0 Å². The number of nitrogens with zero attached hydrogens (tertiary/aromatic N) is 2. The number of ether oxygens (including phenoxy) is 1. The fourth-order valence-corrected chi connectivity index (χ4v) is 3.36. The molecule has 30 heavy (non-hydrogen) atoms. The third-order valence-electron chi connectivity index (χ3n) is 4.20. The zero-order valence-electron chi connectivity index (χ0n) is 15.5. The topological polar surface area (TPSA) is 77.2 Å². The van der Waals surface area contributed by atoms with E-state index < -0.39 is 6.10 Å². The largest absolute Gasteiger partial charge is 0.479 e. The summed E-state index contributed by atoms with van der Waals surface area (Å²) in [6, 6.07) is 13.3. The zero-order valence-corrected chi connectivity index (χ0v) is 17.8. The van der Waals surface area contributed by atoms with Crippen molar-refractivity contribution in [2.24, 2.45) is 0 Å². The Balaban J connectivity index is 1.53. The summed E-state index contributed by atoms with van der Waals surface area (Å²) in [6.45, 7) is 1.61. The van der Waals surface area contributed by atoms with Crippen LogP contribution < -0.4 is 10.1 Å². The normalized spacial score (nSPS) is 12.0. The van der Waals surface area contributed by atoms with E-state index in [0.717, 1.165) is 0 Å². The van der Waals surface area contributed by atoms with E-state index in [2.05, 4.69) is 15.3 Å². The average molecular weight is 463 g/mol. The van der Waals surface area contributed by atoms with E-state index in [9.17, 15) is 4.79 Å². The third-order valence-corrected chi connectivity index (χ3v) is 5.06. The highest BCUT2D eigenvalue weighted by Crippen LogP contribution is 2.32. The zero-order chi connectivity index (χ0) is 21.3. The van der Waals surface area contributed by atoms with Crippen LogP contribution in [0.5, 0.6) is 5.75 Å². The molecule has 1 atom stereocenters. The van der Waals surface area contributed by atoms with Crippen molar-refractivity contribution in [3.63, 3.8) is 0 Å². The van der Waals surface area contributed by atoms with Gasteiger partial charge in [0.15, 0.2) is 17.3 Å². The lowest BCUT2D eigenvalue weighted by Gasteiger charge is -2.16. The van der Waals surface area contributed by atoms with Crippen LogP contribution in [0.25, 0.3) is 22.7 Å². The van der Waals surface area contributed by atoms with Crippen LogP contribution in [-0.4, -0.2) is 22.0 Å². The molecular weight excluding hydrogens is 449 g/mol. The molecule has 0 saturated carbocycles. The summed E-state index contributed by atoms with van der Waals surface area (Å²) in [4.78, 5) is 21.1. The molecule has 0 bridgehead atoms. The van der Waals surface area contributed by atoms with Gasteiger partial charge in [-0.15, -0.1) is 0 Å². The molecule has 152 valence electrons. The van der Waals surface area contributed by atoms with Crippen molar-refractivity contribution in [3.8, 4) is 17.2 Å². The number of benzene rings is 2. The summed E-state index contributed by atoms with van der Waals surface area (Å²) in [6.07, 6.45) is 0.817. The number of carbonyl (C=O) groups is 1. The molecule has 1 N–H and O–H groups in total. The first-order valence-corrected chi connectivity index (χ1v) is 9.98. The summed E-state index contributed by atoms with van der Waals surface area (Å²) in [5.74, 6) is 0.301. The Hall–Kier alpha value is -2.80. The number of amides is 1. The standard InChI is InChI=1S/C21H14Cl3N3O3/c1-11(29-17-7-4-12(22)9-16(17)24)20(28)26-13-5-6-15(23)14(10-13)21-27-19-18(30-21)3-2-8-25-19/h2-11H,1H3,(H,26,28). The van der Waals surface area contributed by atoms with Gasteiger partial charge in [0, 0.05) is 16.9 Å². The Morgan fingerprint density at radius 1 is 1.10 bits per heavy atom. The van der Waals surface area contributed by atoms with E-state index in [-0.39, 0.29) is 5.91 Å². The van der Waals surface area contributed by atoms with E-state index in [0.29, 0.717) is 49.2 Å². The Morgan fingerprint density at radius 3 is 2.70 bits per heavy atom. The molecular formula is C21H14Cl3N3O3. The number of aromatic nitrogens is 2. The molecule has 0 radical (unpaired) electrons. The van der Waals surface area contributed by atoms with Gasteiger partial charge in [0.1, 0.15) is 5.75 Å². The van der Waals surface area contributed by atoms with E-state index in [1.54, 1.807) is 61.7 Å². The first-order valence-electron chi connectivity index (χ1n) is 8.85. The van der Waals surface area contributed by atoms with Gasteiger partial charge >= 0.3 is 0 Å². The molecule has 1 amide bonds. The summed E-state index contributed by atoms with van der Waals surface area (Å²) in [7, 11) is 0. The van der Waals surface area contributed by atoms with E-state index in [4.69, 9.17) is 44.0 Å². The number of hydrogen-bond donors (Lipinski definition) is 1. The fraction of sp³-hybridized carbons (Fsp3) is 0.0952. The van der Waals surface area contributed by atoms with Gasteiger partial charge in [0.25, 0.3) is 5.91 Å². The van der Waals surface area contributed by atoms with Gasteiger partial charge in [-0.3, -0.25) is 4.79 Å². The highest BCUT2D eigenvalue weighted by atomic mass is 35.5. The fourth-order valence-electron chi connectivity index (χ4n) is 2.71. The van der Waals surface area contributed by atoms with Gasteiger partial charge < -0.3 is 14.5 Å². The molecule has 1 unspecified atom stereocenters. The first kappa shape index (κ1) is 20.5. The quantitative estimate of drug-likeness (QED) is 0.379. The van der Waals surface area contributed by atoms with Crippen LogP contribution in [0.3, 0.4) is 0 Å². The molecule has 0 fully saturated rings. The van der Waals surface area contributed by atoms with Crippen molar-refractivity contribution in [1.29, 1.82) is 0 Å². The lowest BCUT2D eigenvalue weighted by atomic mass is 10.2. The van der Waals surface area contributed by atoms with Gasteiger partial charge in [-0.2, -0.15) is 4.98 Å². The van der Waals surface area contributed by atoms with Crippen molar-refractivity contribution >= 4 is 57.6 Å². The minimum atomic E-state index is -0.809. The number of nitrogens with one attached hydrogen (secondary N) is 1. The summed E-state index contributed by atoms with van der Waals surface area (Å²) >= 11 is 18.3. The molecule has 6 nitrogen and oxygen atoms in total. The average Bonchev–Trinajstić information content (AvgIpc) is 3.15. The molecule has 4 aromatic rings. The monoisotopic (exact) mass is 461 g/mol. The summed E-state index contributed by atoms with van der Waals surface area (Å²) < 4.78 is 11.4. The van der Waals surface area contributed by atoms with Gasteiger partial charge in [-0.05, 0) is 55.5 Å². The number of fused-ring (bicyclic) bond motifs is 1. The van der Waals surface area contributed by atoms with Crippen molar-refractivity contribution in [1.82, 2.24) is 9.97 Å². The second-order valence-electron chi connectivity index (χ2n) is 6.36. The van der Waals surface area contributed by atoms with E-state index in [1.807, 2.05) is 0 Å². The maximum Gasteiger partial charge on any atom is 0.265 e. The SMILES string of the molecule is CC(Oc1ccc(Cl)cc1Cl)C(=O)Nc1ccc(Cl)c(-c2nc3ncccc3o2)c1. The number of carbonyl (C=O) groups excluding carboxylic acids is 1. The number of halogens is 3. The predicted octanol–water partition coefficient (Wildman–Crippen LogP) is 6.26. The number of hydrogen-bond acceptors (Lipinski definition) is 5. The van der Waals surface area contributed by atoms with Crippen LogP contribution in [0.1, 0.15) is 6.92 Å². The van der Waals surface area contributed by atoms with Crippen LogP contribution in [0.15, 0.2) is 59.1 Å². The lowest BCUT2D eigenvalue weighted by Crippen LogP contribution is -2.30. The predicted molar refractivity (Wildman–Crippen MR) is 117 cm³/mol. The molecule has 2 aromatic heterocycles. The van der Waals surface area contributed by atoms with Crippen molar-refractivity contribution in [2.75, 3.05) is 5.32 Å². The van der Waals surface area contributed by atoms with Gasteiger partial charge in [-0.1, -0.05) is 34.8 Å². The second-order valence-corrected chi connectivity index (χ2v) is 7.61. The number of pyridine rings is 1. The molecule has 0 aliphatic carbocycles. The molecule has 2 aromatic carbocycles. The second kappa shape index (κ2) is 8.52. The lowest BCUT2D eigenvalue weighted by molar-refractivity contribution is -0.122. The van der Waals surface area contributed by atoms with Crippen LogP contribution in [0.4, 0.5) is 5.69 Å². The Kier molecular flexibility index (Phi) is 5.81. The third kappa shape index (κ3) is 4.36. The maximum atomic E-state index is 12.6. The van der Waals surface area contributed by atoms with Crippen LogP contribution in [-0.2, 0) is 4.79 Å². The smallest absolute Gasteiger partial charge is 0.265 e. The van der Waals surface area contributed by atoms with Crippen LogP contribution in [0.2, 0.25) is 15.1 Å². The van der Waals surface area contributed by atoms with Crippen molar-refractivity contribution < 1.29 is 13.9 Å². The van der Waals surface area contributed by atoms with Crippen molar-refractivity contribution in [3.05, 3.63) is 69.8 Å². The van der Waals surface area contributed by atoms with Crippen LogP contribution in [0, 0.1) is 0 Å². The minimum absolute atomic E-state index is 0.307. The number of oxazole rings is 1. The highest BCUT2D eigenvalue weighted by molar-refractivity contribution is 6.35. The molecule has 0 aliphatic rings. The Morgan fingerprint density at radius 2 is 1.93 bits per heavy atom. The summed E-state index contributed by atoms with van der Waals surface area (Å²) in [5.41, 5.74) is 2.05. The van der Waals surface area contributed by atoms with Crippen LogP contribution >= 0.6 is 34.8 Å². The van der Waals surface area contributed by atoms with Gasteiger partial charge in [0.05, 0.1) is 15.6 Å². The number of rotatable bonds is 5. The minimum Gasteiger partial charge on any atom is -0.479 e. The molecule has 0 saturated heterocycles. The molecule has 0 spiro atoms. The summed E-state index contributed by atoms with van der Waals surface area (Å²) in [5, 5.41) is 4.01. The number of anilines is 1. The van der Waals surface area contributed by atoms with Gasteiger partial charge in [-0.25, -0.2) is 4.98 Å². The molecule has 0 aliphatic heterocycles.